The van der Waals surface area contributed by atoms with Gasteiger partial charge in [-0.3, -0.25) is 4.98 Å². The molecule has 0 aliphatic heterocycles. The smallest absolute Gasteiger partial charge is 0.0845 e. The Balaban J connectivity index is 2.11. The Morgan fingerprint density at radius 1 is 1.47 bits per heavy atom. The van der Waals surface area contributed by atoms with Gasteiger partial charge in [-0.2, -0.15) is 11.3 Å². The number of hydrogen-bond acceptors (Lipinski definition) is 3. The molecule has 0 saturated carbocycles. The van der Waals surface area contributed by atoms with Gasteiger partial charge in [0.25, 0.3) is 0 Å². The van der Waals surface area contributed by atoms with E-state index in [1.807, 2.05) is 17.5 Å². The van der Waals surface area contributed by atoms with E-state index in [0.717, 1.165) is 15.6 Å². The van der Waals surface area contributed by atoms with Crippen molar-refractivity contribution in [2.45, 2.75) is 12.5 Å². The average molecular weight is 284 g/mol. The molecule has 2 aromatic heterocycles. The van der Waals surface area contributed by atoms with Crippen molar-refractivity contribution >= 4 is 27.3 Å². The van der Waals surface area contributed by atoms with Crippen molar-refractivity contribution in [3.8, 4) is 0 Å². The molecule has 0 spiro atoms. The van der Waals surface area contributed by atoms with Gasteiger partial charge in [0, 0.05) is 28.9 Å². The van der Waals surface area contributed by atoms with E-state index in [-0.39, 0.29) is 0 Å². The first-order valence-corrected chi connectivity index (χ1v) is 6.29. The van der Waals surface area contributed by atoms with Crippen LogP contribution in [-0.4, -0.2) is 10.1 Å². The molecule has 4 heteroatoms. The van der Waals surface area contributed by atoms with Gasteiger partial charge in [-0.15, -0.1) is 0 Å². The third-order valence-corrected chi connectivity index (χ3v) is 3.29. The van der Waals surface area contributed by atoms with E-state index < -0.39 is 6.10 Å². The van der Waals surface area contributed by atoms with Crippen LogP contribution in [0.15, 0.2) is 39.8 Å². The Kier molecular flexibility index (Phi) is 3.51. The molecule has 0 fully saturated rings. The van der Waals surface area contributed by atoms with Crippen LogP contribution in [0.4, 0.5) is 0 Å². The Morgan fingerprint density at radius 3 is 3.00 bits per heavy atom. The summed E-state index contributed by atoms with van der Waals surface area (Å²) in [4.78, 5) is 4.03. The van der Waals surface area contributed by atoms with Crippen molar-refractivity contribution in [2.24, 2.45) is 0 Å². The van der Waals surface area contributed by atoms with Crippen LogP contribution in [-0.2, 0) is 6.42 Å². The predicted molar refractivity (Wildman–Crippen MR) is 64.9 cm³/mol. The lowest BCUT2D eigenvalue weighted by Crippen LogP contribution is -2.01. The minimum absolute atomic E-state index is 0.482. The van der Waals surface area contributed by atoms with Gasteiger partial charge in [0.2, 0.25) is 0 Å². The molecule has 0 amide bonds. The summed E-state index contributed by atoms with van der Waals surface area (Å²) >= 11 is 4.98. The van der Waals surface area contributed by atoms with E-state index in [1.165, 1.54) is 0 Å². The number of hydrogen-bond donors (Lipinski definition) is 1. The van der Waals surface area contributed by atoms with Crippen LogP contribution in [0.1, 0.15) is 17.2 Å². The minimum Gasteiger partial charge on any atom is -0.388 e. The van der Waals surface area contributed by atoms with E-state index in [9.17, 15) is 5.11 Å². The molecule has 15 heavy (non-hydrogen) atoms. The van der Waals surface area contributed by atoms with Crippen LogP contribution in [0.3, 0.4) is 0 Å². The lowest BCUT2D eigenvalue weighted by molar-refractivity contribution is 0.178. The third-order valence-electron chi connectivity index (χ3n) is 2.12. The second-order valence-electron chi connectivity index (χ2n) is 3.29. The molecule has 0 saturated heterocycles. The molecule has 0 aromatic carbocycles. The fourth-order valence-corrected chi connectivity index (χ4v) is 2.42. The quantitative estimate of drug-likeness (QED) is 0.939. The Hall–Kier alpha value is -0.710. The monoisotopic (exact) mass is 283 g/mol. The van der Waals surface area contributed by atoms with Gasteiger partial charge in [0.15, 0.2) is 0 Å². The van der Waals surface area contributed by atoms with E-state index in [0.29, 0.717) is 6.42 Å². The van der Waals surface area contributed by atoms with Crippen LogP contribution in [0.2, 0.25) is 0 Å². The molecular formula is C11H10BrNOS. The molecule has 2 heterocycles. The summed E-state index contributed by atoms with van der Waals surface area (Å²) in [6.07, 6.45) is 3.56. The SMILES string of the molecule is OC(Cc1ccsc1)c1cncc(Br)c1. The molecular weight excluding hydrogens is 274 g/mol. The maximum absolute atomic E-state index is 9.96. The number of aromatic nitrogens is 1. The fourth-order valence-electron chi connectivity index (χ4n) is 1.36. The van der Waals surface area contributed by atoms with Crippen LogP contribution in [0.5, 0.6) is 0 Å². The number of thiophene rings is 1. The zero-order valence-corrected chi connectivity index (χ0v) is 10.3. The highest BCUT2D eigenvalue weighted by atomic mass is 79.9. The molecule has 1 unspecified atom stereocenters. The Labute approximate surface area is 101 Å². The molecule has 0 aliphatic carbocycles. The van der Waals surface area contributed by atoms with Crippen LogP contribution in [0, 0.1) is 0 Å². The van der Waals surface area contributed by atoms with Gasteiger partial charge in [-0.05, 0) is 44.4 Å². The second kappa shape index (κ2) is 4.88. The van der Waals surface area contributed by atoms with Crippen LogP contribution < -0.4 is 0 Å². The van der Waals surface area contributed by atoms with E-state index in [2.05, 4.69) is 26.3 Å². The summed E-state index contributed by atoms with van der Waals surface area (Å²) in [5.74, 6) is 0. The lowest BCUT2D eigenvalue weighted by Gasteiger charge is -2.09. The van der Waals surface area contributed by atoms with Crippen molar-refractivity contribution < 1.29 is 5.11 Å². The van der Waals surface area contributed by atoms with Gasteiger partial charge in [-0.1, -0.05) is 0 Å². The van der Waals surface area contributed by atoms with Gasteiger partial charge in [0.05, 0.1) is 6.10 Å². The number of halogens is 1. The summed E-state index contributed by atoms with van der Waals surface area (Å²) < 4.78 is 0.893. The third kappa shape index (κ3) is 2.87. The van der Waals surface area contributed by atoms with E-state index in [1.54, 1.807) is 23.7 Å². The molecule has 0 aliphatic rings. The molecule has 0 bridgehead atoms. The highest BCUT2D eigenvalue weighted by Crippen LogP contribution is 2.21. The maximum Gasteiger partial charge on any atom is 0.0845 e. The average Bonchev–Trinajstić information content (AvgIpc) is 2.70. The second-order valence-corrected chi connectivity index (χ2v) is 4.98. The van der Waals surface area contributed by atoms with Crippen molar-refractivity contribution in [1.29, 1.82) is 0 Å². The van der Waals surface area contributed by atoms with E-state index in [4.69, 9.17) is 0 Å². The molecule has 2 nitrogen and oxygen atoms in total. The molecule has 0 radical (unpaired) electrons. The van der Waals surface area contributed by atoms with E-state index >= 15 is 0 Å². The Bertz CT molecular complexity index is 430. The maximum atomic E-state index is 9.96. The van der Waals surface area contributed by atoms with Crippen LogP contribution in [0.25, 0.3) is 0 Å². The largest absolute Gasteiger partial charge is 0.388 e. The number of aliphatic hydroxyl groups is 1. The van der Waals surface area contributed by atoms with Crippen molar-refractivity contribution in [3.05, 3.63) is 50.9 Å². The Morgan fingerprint density at radius 2 is 2.33 bits per heavy atom. The summed E-state index contributed by atoms with van der Waals surface area (Å²) in [7, 11) is 0. The highest BCUT2D eigenvalue weighted by Gasteiger charge is 2.09. The first-order valence-electron chi connectivity index (χ1n) is 4.55. The summed E-state index contributed by atoms with van der Waals surface area (Å²) in [5.41, 5.74) is 2.00. The molecule has 2 rings (SSSR count). The van der Waals surface area contributed by atoms with Crippen LogP contribution >= 0.6 is 27.3 Å². The molecule has 1 N–H and O–H groups in total. The summed E-state index contributed by atoms with van der Waals surface area (Å²) in [6, 6.07) is 3.92. The van der Waals surface area contributed by atoms with Gasteiger partial charge in [0.1, 0.15) is 0 Å². The first kappa shape index (κ1) is 10.8. The fraction of sp³-hybridized carbons (Fsp3) is 0.182. The molecule has 78 valence electrons. The summed E-state index contributed by atoms with van der Waals surface area (Å²) in [5, 5.41) is 14.0. The highest BCUT2D eigenvalue weighted by molar-refractivity contribution is 9.10. The van der Waals surface area contributed by atoms with Gasteiger partial charge in [-0.25, -0.2) is 0 Å². The number of pyridine rings is 1. The van der Waals surface area contributed by atoms with Crippen molar-refractivity contribution in [1.82, 2.24) is 4.98 Å². The number of nitrogens with zero attached hydrogens (tertiary/aromatic N) is 1. The summed E-state index contributed by atoms with van der Waals surface area (Å²) in [6.45, 7) is 0. The van der Waals surface area contributed by atoms with Crippen molar-refractivity contribution in [3.63, 3.8) is 0 Å². The zero-order chi connectivity index (χ0) is 10.7. The van der Waals surface area contributed by atoms with Gasteiger partial charge >= 0.3 is 0 Å². The first-order chi connectivity index (χ1) is 7.25. The minimum atomic E-state index is -0.482. The number of rotatable bonds is 3. The lowest BCUT2D eigenvalue weighted by atomic mass is 10.1. The predicted octanol–water partition coefficient (Wildman–Crippen LogP) is 3.18. The van der Waals surface area contributed by atoms with Gasteiger partial charge < -0.3 is 5.11 Å². The number of aliphatic hydroxyl groups excluding tert-OH is 1. The normalized spacial score (nSPS) is 12.7. The molecule has 2 aromatic rings. The molecule has 1 atom stereocenters. The zero-order valence-electron chi connectivity index (χ0n) is 7.93. The standard InChI is InChI=1S/C11H10BrNOS/c12-10-4-9(5-13-6-10)11(14)3-8-1-2-15-7-8/h1-2,4-7,11,14H,3H2. The topological polar surface area (TPSA) is 33.1 Å². The van der Waals surface area contributed by atoms with Crippen molar-refractivity contribution in [2.75, 3.05) is 0 Å².